The number of nitrogens with one attached hydrogen (secondary N) is 1. The molecule has 0 aliphatic carbocycles. The van der Waals surface area contributed by atoms with Gasteiger partial charge >= 0.3 is 0 Å². The first kappa shape index (κ1) is 23.3. The van der Waals surface area contributed by atoms with Gasteiger partial charge in [0.15, 0.2) is 0 Å². The predicted molar refractivity (Wildman–Crippen MR) is 127 cm³/mol. The molecule has 0 saturated carbocycles. The summed E-state index contributed by atoms with van der Waals surface area (Å²) in [5.74, 6) is 0.683. The minimum absolute atomic E-state index is 0.0313. The number of hydrogen-bond donors (Lipinski definition) is 2. The lowest BCUT2D eigenvalue weighted by molar-refractivity contribution is -0.384. The lowest BCUT2D eigenvalue weighted by Crippen LogP contribution is -2.29. The molecule has 10 nitrogen and oxygen atoms in total. The van der Waals surface area contributed by atoms with Gasteiger partial charge in [0.1, 0.15) is 0 Å². The molecular weight excluding hydrogens is 456 g/mol. The second-order valence-corrected chi connectivity index (χ2v) is 8.61. The van der Waals surface area contributed by atoms with Crippen molar-refractivity contribution in [3.05, 3.63) is 92.8 Å². The van der Waals surface area contributed by atoms with Gasteiger partial charge in [-0.05, 0) is 49.2 Å². The number of nitrogens with zero attached hydrogens (tertiary/aromatic N) is 5. The molecule has 2 N–H and O–H groups in total. The Balaban J connectivity index is 1.41. The molecule has 2 aromatic heterocycles. The number of thioether (sulfide) groups is 1. The number of aryl methyl sites for hydroxylation is 2. The Morgan fingerprint density at radius 1 is 1.18 bits per heavy atom. The number of carbonyl (C=O) groups is 1. The summed E-state index contributed by atoms with van der Waals surface area (Å²) in [5, 5.41) is 28.9. The molecule has 2 heterocycles. The van der Waals surface area contributed by atoms with Gasteiger partial charge in [0.2, 0.25) is 5.16 Å². The van der Waals surface area contributed by atoms with Gasteiger partial charge in [-0.1, -0.05) is 30.0 Å². The van der Waals surface area contributed by atoms with E-state index in [1.165, 1.54) is 36.0 Å². The molecule has 2 aromatic carbocycles. The number of hydrogen-bond acceptors (Lipinski definition) is 8. The molecule has 11 heteroatoms. The highest BCUT2D eigenvalue weighted by Gasteiger charge is 2.16. The first-order valence-corrected chi connectivity index (χ1v) is 11.4. The summed E-state index contributed by atoms with van der Waals surface area (Å²) in [6.45, 7) is 3.81. The largest absolute Gasteiger partial charge is 0.387 e. The highest BCUT2D eigenvalue weighted by molar-refractivity contribution is 7.98. The highest BCUT2D eigenvalue weighted by atomic mass is 32.2. The fraction of sp³-hybridized carbons (Fsp3) is 0.217. The maximum absolute atomic E-state index is 12.8. The van der Waals surface area contributed by atoms with Crippen LogP contribution in [0.1, 0.15) is 39.0 Å². The first-order chi connectivity index (χ1) is 16.3. The monoisotopic (exact) mass is 478 g/mol. The van der Waals surface area contributed by atoms with Crippen molar-refractivity contribution in [2.24, 2.45) is 0 Å². The molecule has 4 aromatic rings. The van der Waals surface area contributed by atoms with E-state index in [1.54, 1.807) is 16.6 Å². The molecule has 1 atom stereocenters. The molecule has 0 saturated heterocycles. The van der Waals surface area contributed by atoms with E-state index in [4.69, 9.17) is 0 Å². The van der Waals surface area contributed by atoms with Crippen molar-refractivity contribution in [3.8, 4) is 0 Å². The third-order valence-electron chi connectivity index (χ3n) is 5.16. The van der Waals surface area contributed by atoms with Gasteiger partial charge in [0.25, 0.3) is 17.4 Å². The fourth-order valence-corrected chi connectivity index (χ4v) is 4.26. The van der Waals surface area contributed by atoms with Crippen molar-refractivity contribution in [2.45, 2.75) is 30.9 Å². The van der Waals surface area contributed by atoms with E-state index in [2.05, 4.69) is 20.4 Å². The van der Waals surface area contributed by atoms with Gasteiger partial charge in [-0.3, -0.25) is 14.9 Å². The van der Waals surface area contributed by atoms with E-state index < -0.39 is 11.0 Å². The Hall–Kier alpha value is -3.83. The van der Waals surface area contributed by atoms with E-state index in [-0.39, 0.29) is 18.1 Å². The molecule has 0 aliphatic heterocycles. The Kier molecular flexibility index (Phi) is 6.85. The van der Waals surface area contributed by atoms with Crippen molar-refractivity contribution < 1.29 is 14.8 Å². The van der Waals surface area contributed by atoms with Crippen LogP contribution in [0.3, 0.4) is 0 Å². The Bertz CT molecular complexity index is 1360. The van der Waals surface area contributed by atoms with Gasteiger partial charge in [-0.2, -0.15) is 4.98 Å². The van der Waals surface area contributed by atoms with Crippen molar-refractivity contribution in [2.75, 3.05) is 6.54 Å². The normalized spacial score (nSPS) is 12.0. The summed E-state index contributed by atoms with van der Waals surface area (Å²) in [4.78, 5) is 31.9. The van der Waals surface area contributed by atoms with Crippen LogP contribution >= 0.6 is 11.8 Å². The Morgan fingerprint density at radius 2 is 1.91 bits per heavy atom. The topological polar surface area (TPSA) is 136 Å². The standard InChI is InChI=1S/C23H22N6O4S/c1-14-11-15(2)28-22(25-14)26-23(27-28)34-13-17-5-3-4-6-19(17)21(31)24-12-20(30)16-7-9-18(10-8-16)29(32)33/h3-11,20,30H,12-13H2,1-2H3,(H,24,31). The van der Waals surface area contributed by atoms with Crippen LogP contribution in [0.15, 0.2) is 59.8 Å². The van der Waals surface area contributed by atoms with E-state index in [9.17, 15) is 20.0 Å². The number of benzene rings is 2. The van der Waals surface area contributed by atoms with Gasteiger partial charge in [0.05, 0.1) is 11.0 Å². The van der Waals surface area contributed by atoms with Crippen molar-refractivity contribution >= 4 is 29.1 Å². The average Bonchev–Trinajstić information content (AvgIpc) is 3.24. The van der Waals surface area contributed by atoms with Crippen LogP contribution in [0, 0.1) is 24.0 Å². The summed E-state index contributed by atoms with van der Waals surface area (Å²) in [7, 11) is 0. The molecule has 1 amide bonds. The molecule has 0 fully saturated rings. The second kappa shape index (κ2) is 9.98. The predicted octanol–water partition coefficient (Wildman–Crippen LogP) is 3.41. The summed E-state index contributed by atoms with van der Waals surface area (Å²) in [5.41, 5.74) is 3.51. The van der Waals surface area contributed by atoms with Crippen LogP contribution in [-0.2, 0) is 5.75 Å². The van der Waals surface area contributed by atoms with Gasteiger partial charge in [-0.15, -0.1) is 5.10 Å². The molecule has 0 spiro atoms. The van der Waals surface area contributed by atoms with Crippen molar-refractivity contribution in [3.63, 3.8) is 0 Å². The van der Waals surface area contributed by atoms with E-state index >= 15 is 0 Å². The number of fused-ring (bicyclic) bond motifs is 1. The third-order valence-corrected chi connectivity index (χ3v) is 6.05. The molecule has 0 radical (unpaired) electrons. The Morgan fingerprint density at radius 3 is 2.65 bits per heavy atom. The number of carbonyl (C=O) groups excluding carboxylic acids is 1. The van der Waals surface area contributed by atoms with Crippen LogP contribution in [0.2, 0.25) is 0 Å². The zero-order chi connectivity index (χ0) is 24.2. The van der Waals surface area contributed by atoms with E-state index in [1.807, 2.05) is 32.0 Å². The molecule has 174 valence electrons. The van der Waals surface area contributed by atoms with Gasteiger partial charge in [-0.25, -0.2) is 9.50 Å². The number of rotatable bonds is 8. The summed E-state index contributed by atoms with van der Waals surface area (Å²) >= 11 is 1.40. The van der Waals surface area contributed by atoms with E-state index in [0.717, 1.165) is 17.0 Å². The fourth-order valence-electron chi connectivity index (χ4n) is 3.44. The SMILES string of the molecule is Cc1cc(C)n2nc(SCc3ccccc3C(=O)NCC(O)c3ccc([N+](=O)[O-])cc3)nc2n1. The average molecular weight is 479 g/mol. The highest BCUT2D eigenvalue weighted by Crippen LogP contribution is 2.23. The van der Waals surface area contributed by atoms with Crippen LogP contribution in [0.25, 0.3) is 5.78 Å². The summed E-state index contributed by atoms with van der Waals surface area (Å²) < 4.78 is 1.69. The number of aromatic nitrogens is 4. The zero-order valence-corrected chi connectivity index (χ0v) is 19.3. The van der Waals surface area contributed by atoms with Crippen LogP contribution in [0.5, 0.6) is 0 Å². The molecule has 0 bridgehead atoms. The Labute approximate surface area is 199 Å². The van der Waals surface area contributed by atoms with Crippen molar-refractivity contribution in [1.29, 1.82) is 0 Å². The number of aliphatic hydroxyl groups is 1. The molecule has 34 heavy (non-hydrogen) atoms. The number of nitro groups is 1. The van der Waals surface area contributed by atoms with Crippen LogP contribution < -0.4 is 5.32 Å². The minimum Gasteiger partial charge on any atom is -0.387 e. The summed E-state index contributed by atoms with van der Waals surface area (Å²) in [6.07, 6.45) is -0.993. The van der Waals surface area contributed by atoms with Gasteiger partial charge in [0, 0.05) is 41.4 Å². The number of nitro benzene ring substituents is 1. The van der Waals surface area contributed by atoms with Crippen LogP contribution in [0.4, 0.5) is 5.69 Å². The molecular formula is C23H22N6O4S. The zero-order valence-electron chi connectivity index (χ0n) is 18.5. The quantitative estimate of drug-likeness (QED) is 0.223. The second-order valence-electron chi connectivity index (χ2n) is 7.67. The smallest absolute Gasteiger partial charge is 0.269 e. The lowest BCUT2D eigenvalue weighted by Gasteiger charge is -2.14. The lowest BCUT2D eigenvalue weighted by atomic mass is 10.1. The number of amides is 1. The molecule has 4 rings (SSSR count). The third kappa shape index (κ3) is 5.21. The van der Waals surface area contributed by atoms with E-state index in [0.29, 0.717) is 27.8 Å². The van der Waals surface area contributed by atoms with Gasteiger partial charge < -0.3 is 10.4 Å². The first-order valence-electron chi connectivity index (χ1n) is 10.4. The maximum Gasteiger partial charge on any atom is 0.269 e. The molecule has 0 aliphatic rings. The van der Waals surface area contributed by atoms with Crippen molar-refractivity contribution in [1.82, 2.24) is 24.9 Å². The number of aliphatic hydroxyl groups excluding tert-OH is 1. The molecule has 1 unspecified atom stereocenters. The number of non-ortho nitro benzene ring substituents is 1. The van der Waals surface area contributed by atoms with Crippen LogP contribution in [-0.4, -0.2) is 42.1 Å². The maximum atomic E-state index is 12.8. The summed E-state index contributed by atoms with van der Waals surface area (Å²) in [6, 6.07) is 14.7. The minimum atomic E-state index is -0.993.